The maximum atomic E-state index is 3.71. The highest BCUT2D eigenvalue weighted by atomic mass is 15.1. The summed E-state index contributed by atoms with van der Waals surface area (Å²) >= 11 is 0. The monoisotopic (exact) mass is 546 g/mol. The summed E-state index contributed by atoms with van der Waals surface area (Å²) in [5.74, 6) is 2.24. The smallest absolute Gasteiger partial charge is 0.247 e. The van der Waals surface area contributed by atoms with E-state index < -0.39 is 0 Å². The van der Waals surface area contributed by atoms with Crippen LogP contribution in [0.25, 0.3) is 0 Å². The Morgan fingerprint density at radius 2 is 0.821 bits per heavy atom. The summed E-state index contributed by atoms with van der Waals surface area (Å²) in [7, 11) is 0. The van der Waals surface area contributed by atoms with Crippen LogP contribution in [-0.2, 0) is 0 Å². The molecular formula is C37H73N2+. The van der Waals surface area contributed by atoms with Gasteiger partial charge in [0.25, 0.3) is 5.82 Å². The fraction of sp³-hybridized carbons (Fsp3) is 0.919. The Labute approximate surface area is 246 Å². The molecule has 2 heteroatoms. The lowest BCUT2D eigenvalue weighted by Crippen LogP contribution is -2.41. The molecule has 230 valence electrons. The van der Waals surface area contributed by atoms with Gasteiger partial charge in [-0.25, -0.2) is 9.55 Å². The second-order valence-electron chi connectivity index (χ2n) is 12.9. The summed E-state index contributed by atoms with van der Waals surface area (Å²) in [6, 6.07) is 0.621. The van der Waals surface area contributed by atoms with E-state index in [1.54, 1.807) is 0 Å². The largest absolute Gasteiger partial charge is 0.257 e. The van der Waals surface area contributed by atoms with Crippen LogP contribution in [-0.4, -0.2) is 4.98 Å². The molecule has 1 rings (SSSR count). The van der Waals surface area contributed by atoms with Gasteiger partial charge >= 0.3 is 0 Å². The number of aromatic nitrogens is 2. The minimum Gasteiger partial charge on any atom is -0.247 e. The van der Waals surface area contributed by atoms with E-state index >= 15 is 0 Å². The Balaban J connectivity index is 2.25. The van der Waals surface area contributed by atoms with Crippen LogP contribution in [0.4, 0.5) is 0 Å². The van der Waals surface area contributed by atoms with Gasteiger partial charge in [0.1, 0.15) is 12.4 Å². The van der Waals surface area contributed by atoms with Crippen LogP contribution in [0.1, 0.15) is 225 Å². The predicted molar refractivity (Wildman–Crippen MR) is 175 cm³/mol. The van der Waals surface area contributed by atoms with Gasteiger partial charge in [0.15, 0.2) is 0 Å². The van der Waals surface area contributed by atoms with Crippen molar-refractivity contribution in [3.05, 3.63) is 18.2 Å². The number of hydrogen-bond donors (Lipinski definition) is 1. The van der Waals surface area contributed by atoms with E-state index in [2.05, 4.69) is 49.6 Å². The average molecular weight is 546 g/mol. The molecule has 1 heterocycles. The number of rotatable bonds is 30. The molecule has 0 fully saturated rings. The van der Waals surface area contributed by atoms with Crippen LogP contribution >= 0.6 is 0 Å². The van der Waals surface area contributed by atoms with Crippen molar-refractivity contribution in [1.82, 2.24) is 4.98 Å². The number of H-pyrrole nitrogens is 1. The fourth-order valence-corrected chi connectivity index (χ4v) is 6.43. The van der Waals surface area contributed by atoms with Gasteiger partial charge in [-0.1, -0.05) is 175 Å². The van der Waals surface area contributed by atoms with E-state index in [9.17, 15) is 0 Å². The molecule has 0 aromatic carbocycles. The van der Waals surface area contributed by atoms with Gasteiger partial charge in [0.05, 0.1) is 12.0 Å². The van der Waals surface area contributed by atoms with Gasteiger partial charge in [-0.2, -0.15) is 0 Å². The number of nitrogens with one attached hydrogen (secondary N) is 1. The number of nitrogens with zero attached hydrogens (tertiary/aromatic N) is 1. The van der Waals surface area contributed by atoms with E-state index in [0.717, 1.165) is 0 Å². The van der Waals surface area contributed by atoms with Crippen molar-refractivity contribution in [2.75, 3.05) is 0 Å². The van der Waals surface area contributed by atoms with Gasteiger partial charge in [-0.05, 0) is 32.6 Å². The molecule has 1 N–H and O–H groups in total. The second-order valence-corrected chi connectivity index (χ2v) is 12.9. The van der Waals surface area contributed by atoms with Gasteiger partial charge < -0.3 is 0 Å². The van der Waals surface area contributed by atoms with E-state index in [-0.39, 0.29) is 0 Å². The molecule has 1 aromatic heterocycles. The maximum Gasteiger partial charge on any atom is 0.257 e. The fourth-order valence-electron chi connectivity index (χ4n) is 6.43. The predicted octanol–water partition coefficient (Wildman–Crippen LogP) is 12.9. The van der Waals surface area contributed by atoms with E-state index in [0.29, 0.717) is 12.0 Å². The van der Waals surface area contributed by atoms with E-state index in [4.69, 9.17) is 0 Å². The molecule has 1 aromatic rings. The molecule has 0 saturated carbocycles. The average Bonchev–Trinajstić information content (AvgIpc) is 3.43. The zero-order valence-electron chi connectivity index (χ0n) is 27.6. The highest BCUT2D eigenvalue weighted by Crippen LogP contribution is 2.27. The Bertz CT molecular complexity index is 592. The summed E-state index contributed by atoms with van der Waals surface area (Å²) in [5.41, 5.74) is 0. The molecule has 0 aliphatic carbocycles. The molecule has 0 aliphatic heterocycles. The quantitative estimate of drug-likeness (QED) is 0.0732. The van der Waals surface area contributed by atoms with Gasteiger partial charge in [0, 0.05) is 0 Å². The lowest BCUT2D eigenvalue weighted by Gasteiger charge is -2.17. The van der Waals surface area contributed by atoms with E-state index in [1.165, 1.54) is 186 Å². The van der Waals surface area contributed by atoms with Crippen LogP contribution < -0.4 is 4.57 Å². The molecule has 0 amide bonds. The number of hydrogen-bond acceptors (Lipinski definition) is 0. The third kappa shape index (κ3) is 19.8. The number of aromatic amines is 1. The zero-order valence-corrected chi connectivity index (χ0v) is 27.6. The Morgan fingerprint density at radius 1 is 0.487 bits per heavy atom. The van der Waals surface area contributed by atoms with Crippen molar-refractivity contribution >= 4 is 0 Å². The minimum atomic E-state index is 0.621. The molecule has 0 spiro atoms. The molecule has 0 radical (unpaired) electrons. The normalized spacial score (nSPS) is 12.5. The Morgan fingerprint density at radius 3 is 1.21 bits per heavy atom. The summed E-state index contributed by atoms with van der Waals surface area (Å²) in [5, 5.41) is 0. The molecule has 0 saturated heterocycles. The third-order valence-corrected chi connectivity index (χ3v) is 9.14. The Hall–Kier alpha value is -0.790. The first-order valence-electron chi connectivity index (χ1n) is 18.3. The molecular weight excluding hydrogens is 472 g/mol. The molecule has 1 atom stereocenters. The molecule has 39 heavy (non-hydrogen) atoms. The Kier molecular flexibility index (Phi) is 25.4. The first-order valence-corrected chi connectivity index (χ1v) is 18.3. The minimum absolute atomic E-state index is 0.621. The van der Waals surface area contributed by atoms with Gasteiger partial charge in [-0.15, -0.1) is 0 Å². The highest BCUT2D eigenvalue weighted by Gasteiger charge is 2.25. The van der Waals surface area contributed by atoms with Crippen molar-refractivity contribution in [3.63, 3.8) is 0 Å². The van der Waals surface area contributed by atoms with Gasteiger partial charge in [-0.3, -0.25) is 0 Å². The number of imidazole rings is 1. The topological polar surface area (TPSA) is 19.7 Å². The summed E-state index contributed by atoms with van der Waals surface area (Å²) in [6.45, 7) is 9.41. The zero-order chi connectivity index (χ0) is 28.2. The van der Waals surface area contributed by atoms with Crippen molar-refractivity contribution < 1.29 is 4.57 Å². The first kappa shape index (κ1) is 36.2. The lowest BCUT2D eigenvalue weighted by atomic mass is 9.93. The first-order chi connectivity index (χ1) is 19.2. The van der Waals surface area contributed by atoms with Crippen molar-refractivity contribution in [2.45, 2.75) is 219 Å². The summed E-state index contributed by atoms with van der Waals surface area (Å²) in [4.78, 5) is 3.71. The summed E-state index contributed by atoms with van der Waals surface area (Å²) < 4.78 is 2.62. The molecule has 0 aliphatic rings. The molecule has 1 unspecified atom stereocenters. The maximum absolute atomic E-state index is 3.71. The van der Waals surface area contributed by atoms with Crippen LogP contribution in [0.15, 0.2) is 12.4 Å². The van der Waals surface area contributed by atoms with Gasteiger partial charge in [0.2, 0.25) is 0 Å². The highest BCUT2D eigenvalue weighted by molar-refractivity contribution is 4.90. The van der Waals surface area contributed by atoms with E-state index in [1.807, 2.05) is 0 Å². The van der Waals surface area contributed by atoms with Crippen molar-refractivity contribution in [3.8, 4) is 0 Å². The second kappa shape index (κ2) is 27.4. The van der Waals surface area contributed by atoms with Crippen LogP contribution in [0.3, 0.4) is 0 Å². The molecule has 0 bridgehead atoms. The van der Waals surface area contributed by atoms with Crippen molar-refractivity contribution in [1.29, 1.82) is 0 Å². The van der Waals surface area contributed by atoms with Crippen molar-refractivity contribution in [2.24, 2.45) is 0 Å². The third-order valence-electron chi connectivity index (χ3n) is 9.14. The van der Waals surface area contributed by atoms with Crippen LogP contribution in [0, 0.1) is 0 Å². The summed E-state index contributed by atoms with van der Waals surface area (Å²) in [6.07, 6.45) is 44.2. The SMILES string of the molecule is CCCCCCCCCCCCCCCCCC(C)[n+]1cc[nH]c1C(CCCCCCC)CCCCCCC. The standard InChI is InChI=1S/C37H72N2/c1-5-8-11-14-15-16-17-18-19-20-21-22-23-26-27-30-35(4)39-34-33-38-37(39)36(31-28-24-12-9-6-2)32-29-25-13-10-7-3/h33-36H,5-32H2,1-4H3/p+1. The molecule has 2 nitrogen and oxygen atoms in total. The number of unbranched alkanes of at least 4 members (excludes halogenated alkanes) is 22. The lowest BCUT2D eigenvalue weighted by molar-refractivity contribution is -0.727. The van der Waals surface area contributed by atoms with Crippen LogP contribution in [0.2, 0.25) is 0 Å². The van der Waals surface area contributed by atoms with Crippen LogP contribution in [0.5, 0.6) is 0 Å².